The summed E-state index contributed by atoms with van der Waals surface area (Å²) >= 11 is 1.43. The number of Topliss-reactive ketones (excluding diaryl/α,β-unsaturated/α-hetero) is 1. The average Bonchev–Trinajstić information content (AvgIpc) is 3.25. The molecule has 0 aromatic carbocycles. The number of aromatic nitrogens is 1. The van der Waals surface area contributed by atoms with E-state index in [0.717, 1.165) is 4.88 Å². The standard InChI is InChI=1S/C16H17N3O3S/c1-11(20)12-9-13(17-10-12)15(21)18-4-6-19(7-5-18)16(22)14-3-2-8-23-14/h2-3,8-10,17H,4-7H2,1H3. The van der Waals surface area contributed by atoms with Crippen LogP contribution in [-0.4, -0.2) is 58.6 Å². The molecule has 1 aliphatic heterocycles. The molecule has 3 rings (SSSR count). The Hall–Kier alpha value is -2.41. The molecule has 0 spiro atoms. The van der Waals surface area contributed by atoms with Gasteiger partial charge in [0.2, 0.25) is 0 Å². The summed E-state index contributed by atoms with van der Waals surface area (Å²) in [6.07, 6.45) is 1.55. The van der Waals surface area contributed by atoms with E-state index in [2.05, 4.69) is 4.98 Å². The van der Waals surface area contributed by atoms with Crippen molar-refractivity contribution in [2.75, 3.05) is 26.2 Å². The summed E-state index contributed by atoms with van der Waals surface area (Å²) in [6, 6.07) is 5.25. The van der Waals surface area contributed by atoms with Gasteiger partial charge in [-0.3, -0.25) is 14.4 Å². The number of ketones is 1. The third-order valence-electron chi connectivity index (χ3n) is 3.91. The highest BCUT2D eigenvalue weighted by molar-refractivity contribution is 7.12. The van der Waals surface area contributed by atoms with Gasteiger partial charge in [-0.25, -0.2) is 0 Å². The van der Waals surface area contributed by atoms with Crippen LogP contribution in [0.3, 0.4) is 0 Å². The van der Waals surface area contributed by atoms with Crippen LogP contribution < -0.4 is 0 Å². The quantitative estimate of drug-likeness (QED) is 0.873. The molecule has 0 aliphatic carbocycles. The van der Waals surface area contributed by atoms with Crippen molar-refractivity contribution in [3.8, 4) is 0 Å². The first-order valence-electron chi connectivity index (χ1n) is 7.37. The van der Waals surface area contributed by atoms with Gasteiger partial charge in [0.25, 0.3) is 11.8 Å². The zero-order valence-electron chi connectivity index (χ0n) is 12.7. The predicted molar refractivity (Wildman–Crippen MR) is 86.9 cm³/mol. The number of nitrogens with zero attached hydrogens (tertiary/aromatic N) is 2. The van der Waals surface area contributed by atoms with E-state index in [1.807, 2.05) is 17.5 Å². The van der Waals surface area contributed by atoms with Gasteiger partial charge in [-0.2, -0.15) is 0 Å². The number of H-pyrrole nitrogens is 1. The number of carbonyl (C=O) groups is 3. The summed E-state index contributed by atoms with van der Waals surface area (Å²) < 4.78 is 0. The number of piperazine rings is 1. The molecule has 7 heteroatoms. The summed E-state index contributed by atoms with van der Waals surface area (Å²) in [5, 5.41) is 1.88. The highest BCUT2D eigenvalue weighted by Crippen LogP contribution is 2.15. The van der Waals surface area contributed by atoms with Crippen molar-refractivity contribution in [1.82, 2.24) is 14.8 Å². The van der Waals surface area contributed by atoms with Crippen LogP contribution in [0.2, 0.25) is 0 Å². The Morgan fingerprint density at radius 1 is 1.09 bits per heavy atom. The summed E-state index contributed by atoms with van der Waals surface area (Å²) in [6.45, 7) is 3.48. The molecule has 0 saturated carbocycles. The second-order valence-corrected chi connectivity index (χ2v) is 6.37. The van der Waals surface area contributed by atoms with E-state index in [4.69, 9.17) is 0 Å². The Balaban J connectivity index is 1.61. The van der Waals surface area contributed by atoms with Gasteiger partial charge in [-0.1, -0.05) is 6.07 Å². The van der Waals surface area contributed by atoms with Gasteiger partial charge in [0.15, 0.2) is 5.78 Å². The lowest BCUT2D eigenvalue weighted by Gasteiger charge is -2.34. The maximum atomic E-state index is 12.4. The molecule has 3 heterocycles. The minimum Gasteiger partial charge on any atom is -0.356 e. The third-order valence-corrected chi connectivity index (χ3v) is 4.76. The van der Waals surface area contributed by atoms with Gasteiger partial charge < -0.3 is 14.8 Å². The molecule has 1 saturated heterocycles. The number of amides is 2. The largest absolute Gasteiger partial charge is 0.356 e. The highest BCUT2D eigenvalue weighted by atomic mass is 32.1. The zero-order valence-corrected chi connectivity index (χ0v) is 13.6. The molecule has 1 N–H and O–H groups in total. The first kappa shape index (κ1) is 15.5. The number of thiophene rings is 1. The predicted octanol–water partition coefficient (Wildman–Crippen LogP) is 1.88. The molecule has 0 atom stereocenters. The SMILES string of the molecule is CC(=O)c1c[nH]c(C(=O)N2CCN(C(=O)c3cccs3)CC2)c1. The smallest absolute Gasteiger partial charge is 0.270 e. The second-order valence-electron chi connectivity index (χ2n) is 5.42. The van der Waals surface area contributed by atoms with Gasteiger partial charge in [-0.05, 0) is 24.4 Å². The fraction of sp³-hybridized carbons (Fsp3) is 0.312. The zero-order chi connectivity index (χ0) is 16.4. The Morgan fingerprint density at radius 2 is 1.74 bits per heavy atom. The summed E-state index contributed by atoms with van der Waals surface area (Å²) in [4.78, 5) is 43.0. The van der Waals surface area contributed by atoms with Crippen LogP contribution >= 0.6 is 11.3 Å². The molecule has 0 unspecified atom stereocenters. The number of hydrogen-bond acceptors (Lipinski definition) is 4. The lowest BCUT2D eigenvalue weighted by Crippen LogP contribution is -2.50. The Bertz CT molecular complexity index is 728. The van der Waals surface area contributed by atoms with Crippen molar-refractivity contribution in [2.45, 2.75) is 6.92 Å². The van der Waals surface area contributed by atoms with E-state index in [-0.39, 0.29) is 17.6 Å². The van der Waals surface area contributed by atoms with E-state index >= 15 is 0 Å². The van der Waals surface area contributed by atoms with Crippen LogP contribution in [0.5, 0.6) is 0 Å². The summed E-state index contributed by atoms with van der Waals surface area (Å²) in [5.41, 5.74) is 0.910. The number of aromatic amines is 1. The van der Waals surface area contributed by atoms with Gasteiger partial charge in [-0.15, -0.1) is 11.3 Å². The van der Waals surface area contributed by atoms with Crippen molar-refractivity contribution in [3.05, 3.63) is 45.9 Å². The van der Waals surface area contributed by atoms with Crippen LogP contribution in [0, 0.1) is 0 Å². The molecule has 0 bridgehead atoms. The number of carbonyl (C=O) groups excluding carboxylic acids is 3. The maximum Gasteiger partial charge on any atom is 0.270 e. The number of rotatable bonds is 3. The van der Waals surface area contributed by atoms with Gasteiger partial charge in [0.05, 0.1) is 4.88 Å². The molecule has 2 aromatic heterocycles. The topological polar surface area (TPSA) is 73.5 Å². The van der Waals surface area contributed by atoms with Crippen molar-refractivity contribution < 1.29 is 14.4 Å². The van der Waals surface area contributed by atoms with Gasteiger partial charge in [0.1, 0.15) is 5.69 Å². The van der Waals surface area contributed by atoms with Crippen LogP contribution in [-0.2, 0) is 0 Å². The molecule has 6 nitrogen and oxygen atoms in total. The van der Waals surface area contributed by atoms with Crippen LogP contribution in [0.25, 0.3) is 0 Å². The third kappa shape index (κ3) is 3.19. The minimum absolute atomic E-state index is 0.0193. The Morgan fingerprint density at radius 3 is 2.26 bits per heavy atom. The first-order valence-corrected chi connectivity index (χ1v) is 8.25. The fourth-order valence-electron chi connectivity index (χ4n) is 2.56. The fourth-order valence-corrected chi connectivity index (χ4v) is 3.25. The molecule has 2 aromatic rings. The molecule has 23 heavy (non-hydrogen) atoms. The molecular weight excluding hydrogens is 314 g/mol. The van der Waals surface area contributed by atoms with E-state index in [1.54, 1.807) is 22.1 Å². The second kappa shape index (κ2) is 6.37. The molecule has 2 amide bonds. The lowest BCUT2D eigenvalue weighted by molar-refractivity contribution is 0.0535. The molecule has 1 aliphatic rings. The minimum atomic E-state index is -0.138. The van der Waals surface area contributed by atoms with E-state index in [0.29, 0.717) is 37.4 Å². The first-order chi connectivity index (χ1) is 11.1. The van der Waals surface area contributed by atoms with Crippen molar-refractivity contribution >= 4 is 28.9 Å². The van der Waals surface area contributed by atoms with Crippen molar-refractivity contribution in [1.29, 1.82) is 0 Å². The van der Waals surface area contributed by atoms with Crippen molar-refractivity contribution in [2.24, 2.45) is 0 Å². The Labute approximate surface area is 137 Å². The average molecular weight is 331 g/mol. The van der Waals surface area contributed by atoms with E-state index < -0.39 is 0 Å². The molecule has 1 fully saturated rings. The van der Waals surface area contributed by atoms with Crippen LogP contribution in [0.4, 0.5) is 0 Å². The molecule has 0 radical (unpaired) electrons. The van der Waals surface area contributed by atoms with Crippen molar-refractivity contribution in [3.63, 3.8) is 0 Å². The van der Waals surface area contributed by atoms with E-state index in [1.165, 1.54) is 18.3 Å². The molecule has 120 valence electrons. The number of hydrogen-bond donors (Lipinski definition) is 1. The van der Waals surface area contributed by atoms with Crippen LogP contribution in [0.1, 0.15) is 37.4 Å². The highest BCUT2D eigenvalue weighted by Gasteiger charge is 2.26. The van der Waals surface area contributed by atoms with E-state index in [9.17, 15) is 14.4 Å². The number of nitrogens with one attached hydrogen (secondary N) is 1. The maximum absolute atomic E-state index is 12.4. The van der Waals surface area contributed by atoms with Crippen LogP contribution in [0.15, 0.2) is 29.8 Å². The normalized spacial score (nSPS) is 14.8. The van der Waals surface area contributed by atoms with Gasteiger partial charge in [0, 0.05) is 37.9 Å². The summed E-state index contributed by atoms with van der Waals surface area (Å²) in [7, 11) is 0. The Kier molecular flexibility index (Phi) is 4.29. The lowest BCUT2D eigenvalue weighted by atomic mass is 10.2. The van der Waals surface area contributed by atoms with Gasteiger partial charge >= 0.3 is 0 Å². The summed E-state index contributed by atoms with van der Waals surface area (Å²) in [5.74, 6) is -0.196. The monoisotopic (exact) mass is 331 g/mol. The molecular formula is C16H17N3O3S.